The van der Waals surface area contributed by atoms with Crippen LogP contribution in [0, 0.1) is 17.3 Å². The molecule has 1 aromatic rings. The van der Waals surface area contributed by atoms with Crippen LogP contribution in [0.4, 0.5) is 5.82 Å². The molecule has 1 saturated heterocycles. The number of amides is 1. The van der Waals surface area contributed by atoms with E-state index in [1.54, 1.807) is 0 Å². The number of pyridine rings is 1. The van der Waals surface area contributed by atoms with E-state index in [2.05, 4.69) is 49.1 Å². The first kappa shape index (κ1) is 19.8. The molecule has 4 aliphatic carbocycles. The number of halogens is 1. The summed E-state index contributed by atoms with van der Waals surface area (Å²) >= 11 is 4.07. The summed E-state index contributed by atoms with van der Waals surface area (Å²) in [5, 5.41) is 3.24. The number of nitrogens with one attached hydrogen (secondary N) is 1. The highest BCUT2D eigenvalue weighted by atomic mass is 79.9. The van der Waals surface area contributed by atoms with Crippen molar-refractivity contribution in [3.63, 3.8) is 0 Å². The number of carbonyl (C=O) groups excluding carboxylic acids is 1. The van der Waals surface area contributed by atoms with Crippen molar-refractivity contribution in [2.24, 2.45) is 17.3 Å². The second kappa shape index (κ2) is 7.52. The second-order valence-corrected chi connectivity index (χ2v) is 12.0. The van der Waals surface area contributed by atoms with Gasteiger partial charge in [-0.05, 0) is 68.9 Å². The van der Waals surface area contributed by atoms with E-state index in [9.17, 15) is 4.79 Å². The first-order valence-electron chi connectivity index (χ1n) is 11.3. The lowest BCUT2D eigenvalue weighted by molar-refractivity contribution is -0.128. The van der Waals surface area contributed by atoms with E-state index in [0.717, 1.165) is 49.4 Å². The highest BCUT2D eigenvalue weighted by molar-refractivity contribution is 9.10. The number of hydrogen-bond donors (Lipinski definition) is 1. The lowest BCUT2D eigenvalue weighted by Crippen LogP contribution is -2.54. The van der Waals surface area contributed by atoms with Crippen LogP contribution in [0.25, 0.3) is 0 Å². The fourth-order valence-corrected chi connectivity index (χ4v) is 8.52. The quantitative estimate of drug-likeness (QED) is 0.682. The minimum Gasteiger partial charge on any atom is -0.354 e. The molecule has 6 rings (SSSR count). The van der Waals surface area contributed by atoms with Crippen LogP contribution >= 0.6 is 15.9 Å². The van der Waals surface area contributed by atoms with Gasteiger partial charge in [-0.25, -0.2) is 4.98 Å². The molecule has 0 radical (unpaired) electrons. The third-order valence-electron chi connectivity index (χ3n) is 7.79. The van der Waals surface area contributed by atoms with E-state index < -0.39 is 0 Å². The molecule has 29 heavy (non-hydrogen) atoms. The van der Waals surface area contributed by atoms with Gasteiger partial charge in [-0.3, -0.25) is 4.79 Å². The van der Waals surface area contributed by atoms with Crippen LogP contribution in [-0.4, -0.2) is 53.3 Å². The van der Waals surface area contributed by atoms with Crippen molar-refractivity contribution in [1.29, 1.82) is 0 Å². The Morgan fingerprint density at radius 3 is 2.62 bits per heavy atom. The molecule has 1 N–H and O–H groups in total. The third-order valence-corrected chi connectivity index (χ3v) is 8.72. The van der Waals surface area contributed by atoms with E-state index in [0.29, 0.717) is 17.3 Å². The lowest BCUT2D eigenvalue weighted by Gasteiger charge is -2.60. The number of carbonyl (C=O) groups is 1. The molecule has 0 aromatic carbocycles. The Morgan fingerprint density at radius 1 is 1.21 bits per heavy atom. The molecular formula is C23H33BrN4O. The normalized spacial score (nSPS) is 36.4. The van der Waals surface area contributed by atoms with Gasteiger partial charge in [0.25, 0.3) is 0 Å². The standard InChI is InChI=1S/C23H33BrN4O/c1-27-5-7-28(8-6-27)21-19(3-2-4-25-21)15-26-20(29)14-22-10-17-9-18(11-22)13-23(24,12-17)16-22/h2-4,17-18H,5-16H2,1H3,(H,26,29). The molecule has 6 heteroatoms. The first-order chi connectivity index (χ1) is 13.9. The molecule has 1 amide bonds. The van der Waals surface area contributed by atoms with Crippen molar-refractivity contribution < 1.29 is 4.79 Å². The molecule has 5 aliphatic rings. The highest BCUT2D eigenvalue weighted by Gasteiger charge is 2.57. The van der Waals surface area contributed by atoms with Crippen molar-refractivity contribution in [2.45, 2.75) is 55.8 Å². The van der Waals surface area contributed by atoms with Gasteiger partial charge in [0.2, 0.25) is 5.91 Å². The number of piperazine rings is 1. The number of likely N-dealkylation sites (N-methyl/N-ethyl adjacent to an activating group) is 1. The fraction of sp³-hybridized carbons (Fsp3) is 0.739. The molecule has 4 saturated carbocycles. The van der Waals surface area contributed by atoms with Crippen LogP contribution < -0.4 is 10.2 Å². The summed E-state index contributed by atoms with van der Waals surface area (Å²) in [6.45, 7) is 4.68. The van der Waals surface area contributed by atoms with Gasteiger partial charge in [-0.2, -0.15) is 0 Å². The van der Waals surface area contributed by atoms with Gasteiger partial charge in [0.05, 0.1) is 0 Å². The van der Waals surface area contributed by atoms with E-state index in [-0.39, 0.29) is 11.3 Å². The van der Waals surface area contributed by atoms with Crippen LogP contribution in [0.1, 0.15) is 50.5 Å². The van der Waals surface area contributed by atoms with Gasteiger partial charge < -0.3 is 15.1 Å². The number of rotatable bonds is 5. The average molecular weight is 461 g/mol. The van der Waals surface area contributed by atoms with Crippen molar-refractivity contribution in [3.8, 4) is 0 Å². The van der Waals surface area contributed by atoms with Crippen molar-refractivity contribution in [3.05, 3.63) is 23.9 Å². The summed E-state index contributed by atoms with van der Waals surface area (Å²) < 4.78 is 0.315. The third kappa shape index (κ3) is 4.07. The van der Waals surface area contributed by atoms with Gasteiger partial charge in [0.1, 0.15) is 5.82 Å². The van der Waals surface area contributed by atoms with Gasteiger partial charge in [-0.1, -0.05) is 22.0 Å². The molecule has 2 heterocycles. The fourth-order valence-electron chi connectivity index (χ4n) is 7.01. The molecule has 5 fully saturated rings. The predicted octanol–water partition coefficient (Wildman–Crippen LogP) is 3.57. The minimum atomic E-state index is 0.219. The monoisotopic (exact) mass is 460 g/mol. The van der Waals surface area contributed by atoms with E-state index in [1.165, 1.54) is 38.5 Å². The zero-order valence-corrected chi connectivity index (χ0v) is 19.1. The Bertz CT molecular complexity index is 762. The summed E-state index contributed by atoms with van der Waals surface area (Å²) in [6, 6.07) is 4.09. The predicted molar refractivity (Wildman–Crippen MR) is 119 cm³/mol. The highest BCUT2D eigenvalue weighted by Crippen LogP contribution is 2.65. The van der Waals surface area contributed by atoms with E-state index in [4.69, 9.17) is 0 Å². The van der Waals surface area contributed by atoms with Gasteiger partial charge >= 0.3 is 0 Å². The van der Waals surface area contributed by atoms with E-state index >= 15 is 0 Å². The Balaban J connectivity index is 1.22. The van der Waals surface area contributed by atoms with Crippen molar-refractivity contribution in [2.75, 3.05) is 38.1 Å². The van der Waals surface area contributed by atoms with Crippen LogP contribution in [0.2, 0.25) is 0 Å². The van der Waals surface area contributed by atoms with Crippen molar-refractivity contribution >= 4 is 27.7 Å². The average Bonchev–Trinajstić information content (AvgIpc) is 2.65. The topological polar surface area (TPSA) is 48.5 Å². The second-order valence-electron chi connectivity index (χ2n) is 10.3. The molecule has 158 valence electrons. The molecule has 0 spiro atoms. The first-order valence-corrected chi connectivity index (χ1v) is 12.0. The number of nitrogens with zero attached hydrogens (tertiary/aromatic N) is 3. The molecule has 5 nitrogen and oxygen atoms in total. The SMILES string of the molecule is CN1CCN(c2ncccc2CNC(=O)CC23CC4CC(CC(Br)(C4)C2)C3)CC1. The molecule has 4 bridgehead atoms. The Morgan fingerprint density at radius 2 is 1.93 bits per heavy atom. The molecular weight excluding hydrogens is 428 g/mol. The number of hydrogen-bond acceptors (Lipinski definition) is 4. The Labute approximate surface area is 182 Å². The largest absolute Gasteiger partial charge is 0.354 e. The minimum absolute atomic E-state index is 0.219. The maximum absolute atomic E-state index is 13.0. The number of aromatic nitrogens is 1. The van der Waals surface area contributed by atoms with Crippen LogP contribution in [-0.2, 0) is 11.3 Å². The number of anilines is 1. The van der Waals surface area contributed by atoms with Crippen LogP contribution in [0.3, 0.4) is 0 Å². The summed E-state index contributed by atoms with van der Waals surface area (Å²) in [4.78, 5) is 22.3. The molecule has 2 atom stereocenters. The zero-order valence-electron chi connectivity index (χ0n) is 17.5. The summed E-state index contributed by atoms with van der Waals surface area (Å²) in [5.41, 5.74) is 1.36. The maximum atomic E-state index is 13.0. The number of alkyl halides is 1. The van der Waals surface area contributed by atoms with Gasteiger partial charge in [-0.15, -0.1) is 0 Å². The summed E-state index contributed by atoms with van der Waals surface area (Å²) in [7, 11) is 2.17. The summed E-state index contributed by atoms with van der Waals surface area (Å²) in [5.74, 6) is 2.91. The zero-order chi connectivity index (χ0) is 20.1. The van der Waals surface area contributed by atoms with Gasteiger partial charge in [0.15, 0.2) is 0 Å². The Hall–Kier alpha value is -1.14. The summed E-state index contributed by atoms with van der Waals surface area (Å²) in [6.07, 6.45) is 10.3. The van der Waals surface area contributed by atoms with Crippen LogP contribution in [0.5, 0.6) is 0 Å². The smallest absolute Gasteiger partial charge is 0.220 e. The molecule has 1 aliphatic heterocycles. The Kier molecular flexibility index (Phi) is 5.14. The van der Waals surface area contributed by atoms with Crippen molar-refractivity contribution in [1.82, 2.24) is 15.2 Å². The molecule has 1 aromatic heterocycles. The van der Waals surface area contributed by atoms with E-state index in [1.807, 2.05) is 12.3 Å². The van der Waals surface area contributed by atoms with Crippen LogP contribution in [0.15, 0.2) is 18.3 Å². The van der Waals surface area contributed by atoms with Gasteiger partial charge in [0, 0.05) is 55.2 Å². The molecule has 2 unspecified atom stereocenters. The lowest BCUT2D eigenvalue weighted by atomic mass is 9.48. The maximum Gasteiger partial charge on any atom is 0.220 e.